The quantitative estimate of drug-likeness (QED) is 0.841. The molecule has 116 valence electrons. The molecule has 0 saturated carbocycles. The molecule has 8 heteroatoms. The van der Waals surface area contributed by atoms with Crippen LogP contribution in [0.1, 0.15) is 6.92 Å². The van der Waals surface area contributed by atoms with Gasteiger partial charge in [0, 0.05) is 32.7 Å². The predicted molar refractivity (Wildman–Crippen MR) is 88.1 cm³/mol. The maximum absolute atomic E-state index is 12.6. The number of sulfonamides is 1. The summed E-state index contributed by atoms with van der Waals surface area (Å²) in [6.07, 6.45) is 0. The monoisotopic (exact) mass is 347 g/mol. The van der Waals surface area contributed by atoms with Crippen molar-refractivity contribution in [1.29, 1.82) is 0 Å². The lowest BCUT2D eigenvalue weighted by molar-refractivity contribution is 0.264. The third-order valence-corrected chi connectivity index (χ3v) is 6.11. The predicted octanol–water partition coefficient (Wildman–Crippen LogP) is 1.54. The Morgan fingerprint density at radius 1 is 1.29 bits per heavy atom. The Labute approximate surface area is 135 Å². The van der Waals surface area contributed by atoms with Crippen molar-refractivity contribution >= 4 is 39.0 Å². The second-order valence-corrected chi connectivity index (χ2v) is 7.36. The first-order chi connectivity index (χ1) is 9.96. The zero-order valence-electron chi connectivity index (χ0n) is 11.8. The molecule has 0 atom stereocenters. The van der Waals surface area contributed by atoms with Crippen LogP contribution < -0.4 is 5.32 Å². The van der Waals surface area contributed by atoms with Crippen molar-refractivity contribution in [2.75, 3.05) is 32.7 Å². The zero-order chi connectivity index (χ0) is 15.5. The summed E-state index contributed by atoms with van der Waals surface area (Å²) in [6.45, 7) is 4.70. The van der Waals surface area contributed by atoms with Gasteiger partial charge in [0.1, 0.15) is 4.90 Å². The molecule has 1 aliphatic heterocycles. The number of nitrogens with one attached hydrogen (secondary N) is 1. The van der Waals surface area contributed by atoms with Crippen LogP contribution in [0.3, 0.4) is 0 Å². The summed E-state index contributed by atoms with van der Waals surface area (Å²) < 4.78 is 26.6. The highest BCUT2D eigenvalue weighted by Crippen LogP contribution is 2.24. The van der Waals surface area contributed by atoms with Gasteiger partial charge in [-0.2, -0.15) is 4.31 Å². The average Bonchev–Trinajstić information content (AvgIpc) is 2.48. The number of hydrogen-bond acceptors (Lipinski definition) is 3. The molecule has 1 aromatic carbocycles. The van der Waals surface area contributed by atoms with E-state index in [0.717, 1.165) is 6.54 Å². The molecule has 5 nitrogen and oxygen atoms in total. The minimum Gasteiger partial charge on any atom is -0.363 e. The fourth-order valence-corrected chi connectivity index (χ4v) is 4.43. The maximum Gasteiger partial charge on any atom is 0.244 e. The largest absolute Gasteiger partial charge is 0.363 e. The van der Waals surface area contributed by atoms with Gasteiger partial charge in [-0.05, 0) is 31.3 Å². The molecular formula is C13H18ClN3O2S2. The Hall–Kier alpha value is -0.890. The third kappa shape index (κ3) is 3.66. The van der Waals surface area contributed by atoms with Crippen LogP contribution in [0.4, 0.5) is 0 Å². The van der Waals surface area contributed by atoms with Gasteiger partial charge in [-0.15, -0.1) is 0 Å². The summed E-state index contributed by atoms with van der Waals surface area (Å²) in [7, 11) is -3.54. The van der Waals surface area contributed by atoms with Crippen LogP contribution in [-0.2, 0) is 10.0 Å². The van der Waals surface area contributed by atoms with Crippen molar-refractivity contribution in [2.45, 2.75) is 11.8 Å². The van der Waals surface area contributed by atoms with E-state index in [1.54, 1.807) is 18.2 Å². The van der Waals surface area contributed by atoms with Gasteiger partial charge in [0.25, 0.3) is 0 Å². The van der Waals surface area contributed by atoms with E-state index < -0.39 is 10.0 Å². The minimum absolute atomic E-state index is 0.161. The van der Waals surface area contributed by atoms with Crippen molar-refractivity contribution < 1.29 is 8.42 Å². The lowest BCUT2D eigenvalue weighted by Crippen LogP contribution is -2.52. The van der Waals surface area contributed by atoms with E-state index in [4.69, 9.17) is 23.8 Å². The number of hydrogen-bond donors (Lipinski definition) is 1. The average molecular weight is 348 g/mol. The first-order valence-electron chi connectivity index (χ1n) is 6.74. The summed E-state index contributed by atoms with van der Waals surface area (Å²) >= 11 is 11.2. The second-order valence-electron chi connectivity index (χ2n) is 4.66. The molecule has 0 unspecified atom stereocenters. The van der Waals surface area contributed by atoms with Crippen molar-refractivity contribution in [2.24, 2.45) is 0 Å². The highest BCUT2D eigenvalue weighted by molar-refractivity contribution is 7.89. The molecular weight excluding hydrogens is 330 g/mol. The molecule has 1 fully saturated rings. The lowest BCUT2D eigenvalue weighted by atomic mass is 10.4. The van der Waals surface area contributed by atoms with Gasteiger partial charge in [0.2, 0.25) is 10.0 Å². The fourth-order valence-electron chi connectivity index (χ4n) is 2.19. The zero-order valence-corrected chi connectivity index (χ0v) is 14.1. The lowest BCUT2D eigenvalue weighted by Gasteiger charge is -2.35. The number of rotatable bonds is 3. The van der Waals surface area contributed by atoms with Gasteiger partial charge in [-0.3, -0.25) is 0 Å². The topological polar surface area (TPSA) is 52.6 Å². The van der Waals surface area contributed by atoms with Crippen LogP contribution in [-0.4, -0.2) is 55.5 Å². The Bertz CT molecular complexity index is 614. The first kappa shape index (κ1) is 16.5. The van der Waals surface area contributed by atoms with Crippen molar-refractivity contribution in [3.05, 3.63) is 29.3 Å². The van der Waals surface area contributed by atoms with E-state index in [9.17, 15) is 8.42 Å². The van der Waals surface area contributed by atoms with E-state index in [1.165, 1.54) is 10.4 Å². The van der Waals surface area contributed by atoms with Crippen molar-refractivity contribution in [3.8, 4) is 0 Å². The van der Waals surface area contributed by atoms with Crippen LogP contribution in [0, 0.1) is 0 Å². The van der Waals surface area contributed by atoms with Crippen molar-refractivity contribution in [3.63, 3.8) is 0 Å². The summed E-state index contributed by atoms with van der Waals surface area (Å²) in [5.74, 6) is 0. The van der Waals surface area contributed by atoms with E-state index in [1.807, 2.05) is 11.8 Å². The van der Waals surface area contributed by atoms with Crippen LogP contribution in [0.15, 0.2) is 29.2 Å². The summed E-state index contributed by atoms with van der Waals surface area (Å²) in [6, 6.07) is 6.52. The molecule has 0 spiro atoms. The third-order valence-electron chi connectivity index (χ3n) is 3.31. The van der Waals surface area contributed by atoms with E-state index in [2.05, 4.69) is 5.32 Å². The molecule has 0 bridgehead atoms. The van der Waals surface area contributed by atoms with Crippen LogP contribution in [0.2, 0.25) is 5.02 Å². The summed E-state index contributed by atoms with van der Waals surface area (Å²) in [5, 5.41) is 4.00. The van der Waals surface area contributed by atoms with Gasteiger partial charge < -0.3 is 10.2 Å². The molecule has 1 aliphatic rings. The number of thiocarbonyl (C=S) groups is 1. The molecule has 0 aliphatic carbocycles. The minimum atomic E-state index is -3.54. The standard InChI is InChI=1S/C13H18ClN3O2S2/c1-2-15-13(20)16-7-9-17(10-8-16)21(18,19)12-6-4-3-5-11(12)14/h3-6H,2,7-10H2,1H3,(H,15,20). The number of halogens is 1. The smallest absolute Gasteiger partial charge is 0.244 e. The SMILES string of the molecule is CCNC(=S)N1CCN(S(=O)(=O)c2ccccc2Cl)CC1. The van der Waals surface area contributed by atoms with Crippen LogP contribution in [0.25, 0.3) is 0 Å². The summed E-state index contributed by atoms with van der Waals surface area (Å²) in [4.78, 5) is 2.15. The number of benzene rings is 1. The number of nitrogens with zero attached hydrogens (tertiary/aromatic N) is 2. The van der Waals surface area contributed by atoms with Gasteiger partial charge >= 0.3 is 0 Å². The van der Waals surface area contributed by atoms with Gasteiger partial charge in [0.05, 0.1) is 5.02 Å². The Morgan fingerprint density at radius 3 is 2.48 bits per heavy atom. The van der Waals surface area contributed by atoms with E-state index in [0.29, 0.717) is 31.3 Å². The van der Waals surface area contributed by atoms with E-state index in [-0.39, 0.29) is 9.92 Å². The summed E-state index contributed by atoms with van der Waals surface area (Å²) in [5.41, 5.74) is 0. The van der Waals surface area contributed by atoms with Gasteiger partial charge in [-0.25, -0.2) is 8.42 Å². The molecule has 0 aromatic heterocycles. The Morgan fingerprint density at radius 2 is 1.90 bits per heavy atom. The molecule has 1 N–H and O–H groups in total. The Balaban J connectivity index is 2.08. The highest BCUT2D eigenvalue weighted by atomic mass is 35.5. The maximum atomic E-state index is 12.6. The van der Waals surface area contributed by atoms with Crippen LogP contribution in [0.5, 0.6) is 0 Å². The van der Waals surface area contributed by atoms with Crippen molar-refractivity contribution in [1.82, 2.24) is 14.5 Å². The first-order valence-corrected chi connectivity index (χ1v) is 8.97. The molecule has 1 aromatic rings. The highest BCUT2D eigenvalue weighted by Gasteiger charge is 2.30. The number of piperazine rings is 1. The normalized spacial score (nSPS) is 16.8. The fraction of sp³-hybridized carbons (Fsp3) is 0.462. The van der Waals surface area contributed by atoms with Crippen LogP contribution >= 0.6 is 23.8 Å². The molecule has 21 heavy (non-hydrogen) atoms. The second kappa shape index (κ2) is 6.91. The van der Waals surface area contributed by atoms with Gasteiger partial charge in [0.15, 0.2) is 5.11 Å². The van der Waals surface area contributed by atoms with Gasteiger partial charge in [-0.1, -0.05) is 23.7 Å². The van der Waals surface area contributed by atoms with E-state index >= 15 is 0 Å². The molecule has 2 rings (SSSR count). The molecule has 1 heterocycles. The molecule has 0 radical (unpaired) electrons. The molecule has 1 saturated heterocycles. The molecule has 0 amide bonds. The Kier molecular flexibility index (Phi) is 5.43.